The first kappa shape index (κ1) is 11.2. The molecule has 2 heterocycles. The molecule has 0 bridgehead atoms. The Morgan fingerprint density at radius 1 is 1.62 bits per heavy atom. The molecule has 0 aromatic carbocycles. The Balaban J connectivity index is 1.97. The molecule has 0 aliphatic heterocycles. The van der Waals surface area contributed by atoms with E-state index in [9.17, 15) is 4.79 Å². The van der Waals surface area contributed by atoms with Crippen molar-refractivity contribution in [3.63, 3.8) is 0 Å². The van der Waals surface area contributed by atoms with Crippen LogP contribution in [0.2, 0.25) is 0 Å². The summed E-state index contributed by atoms with van der Waals surface area (Å²) in [6.07, 6.45) is 1.83. The second-order valence-electron chi connectivity index (χ2n) is 3.06. The van der Waals surface area contributed by atoms with E-state index >= 15 is 0 Å². The molecule has 0 fully saturated rings. The number of rotatable bonds is 4. The maximum Gasteiger partial charge on any atom is 0.371 e. The predicted octanol–water partition coefficient (Wildman–Crippen LogP) is 3.04. The monoisotopic (exact) mass is 255 g/mol. The number of hydrogen-bond acceptors (Lipinski definition) is 5. The van der Waals surface area contributed by atoms with Crippen LogP contribution in [0, 0.1) is 6.92 Å². The van der Waals surface area contributed by atoms with Gasteiger partial charge >= 0.3 is 5.97 Å². The van der Waals surface area contributed by atoms with Crippen molar-refractivity contribution in [3.05, 3.63) is 34.0 Å². The summed E-state index contributed by atoms with van der Waals surface area (Å²) >= 11 is 3.10. The summed E-state index contributed by atoms with van der Waals surface area (Å²) < 4.78 is 5.12. The van der Waals surface area contributed by atoms with Crippen molar-refractivity contribution in [1.82, 2.24) is 4.98 Å². The van der Waals surface area contributed by atoms with Gasteiger partial charge in [-0.15, -0.1) is 11.3 Å². The Bertz CT molecular complexity index is 504. The van der Waals surface area contributed by atoms with E-state index in [4.69, 9.17) is 9.52 Å². The van der Waals surface area contributed by atoms with Crippen LogP contribution in [0.15, 0.2) is 27.8 Å². The zero-order valence-electron chi connectivity index (χ0n) is 8.47. The molecule has 0 atom stereocenters. The van der Waals surface area contributed by atoms with Crippen LogP contribution in [-0.2, 0) is 5.75 Å². The minimum absolute atomic E-state index is 0.0250. The lowest BCUT2D eigenvalue weighted by Crippen LogP contribution is -1.91. The smallest absolute Gasteiger partial charge is 0.371 e. The lowest BCUT2D eigenvalue weighted by molar-refractivity contribution is 0.0656. The number of aromatic nitrogens is 1. The van der Waals surface area contributed by atoms with Crippen LogP contribution in [0.1, 0.15) is 20.4 Å². The van der Waals surface area contributed by atoms with Crippen LogP contribution in [0.4, 0.5) is 0 Å². The maximum absolute atomic E-state index is 10.6. The first-order valence-corrected chi connectivity index (χ1v) is 6.32. The highest BCUT2D eigenvalue weighted by Crippen LogP contribution is 2.27. The van der Waals surface area contributed by atoms with Crippen molar-refractivity contribution in [3.8, 4) is 0 Å². The third kappa shape index (κ3) is 2.65. The van der Waals surface area contributed by atoms with Crippen molar-refractivity contribution < 1.29 is 14.3 Å². The van der Waals surface area contributed by atoms with E-state index < -0.39 is 5.97 Å². The fraction of sp³-hybridized carbons (Fsp3) is 0.200. The highest BCUT2D eigenvalue weighted by atomic mass is 32.2. The van der Waals surface area contributed by atoms with E-state index in [1.54, 1.807) is 17.4 Å². The lowest BCUT2D eigenvalue weighted by atomic mass is 10.5. The molecule has 84 valence electrons. The fourth-order valence-corrected chi connectivity index (χ4v) is 2.80. The molecular weight excluding hydrogens is 246 g/mol. The van der Waals surface area contributed by atoms with Crippen molar-refractivity contribution in [2.75, 3.05) is 0 Å². The van der Waals surface area contributed by atoms with Crippen LogP contribution in [0.25, 0.3) is 0 Å². The molecule has 4 nitrogen and oxygen atoms in total. The molecule has 0 saturated heterocycles. The number of thiazole rings is 1. The molecule has 0 spiro atoms. The quantitative estimate of drug-likeness (QED) is 0.851. The van der Waals surface area contributed by atoms with Gasteiger partial charge in [0, 0.05) is 16.8 Å². The molecule has 2 rings (SSSR count). The minimum atomic E-state index is -1.04. The van der Waals surface area contributed by atoms with E-state index in [0.29, 0.717) is 5.09 Å². The van der Waals surface area contributed by atoms with E-state index in [1.807, 2.05) is 13.1 Å². The largest absolute Gasteiger partial charge is 0.475 e. The zero-order valence-corrected chi connectivity index (χ0v) is 10.1. The van der Waals surface area contributed by atoms with Gasteiger partial charge < -0.3 is 9.52 Å². The Labute approximate surface area is 100 Å². The molecule has 2 aromatic heterocycles. The Hall–Kier alpha value is -1.27. The molecule has 6 heteroatoms. The highest BCUT2D eigenvalue weighted by molar-refractivity contribution is 7.98. The standard InChI is InChI=1S/C10H9NO3S2/c1-6-11-4-7(16-6)5-15-9-3-2-8(14-9)10(12)13/h2-4H,5H2,1H3,(H,12,13). The van der Waals surface area contributed by atoms with Gasteiger partial charge in [0.2, 0.25) is 5.76 Å². The molecule has 16 heavy (non-hydrogen) atoms. The number of furan rings is 1. The fourth-order valence-electron chi connectivity index (χ4n) is 1.13. The summed E-state index contributed by atoms with van der Waals surface area (Å²) in [7, 11) is 0. The summed E-state index contributed by atoms with van der Waals surface area (Å²) in [6.45, 7) is 1.95. The van der Waals surface area contributed by atoms with Gasteiger partial charge in [0.05, 0.1) is 5.01 Å². The third-order valence-corrected chi connectivity index (χ3v) is 3.87. The topological polar surface area (TPSA) is 63.3 Å². The second kappa shape index (κ2) is 4.71. The SMILES string of the molecule is Cc1ncc(CSc2ccc(C(=O)O)o2)s1. The molecule has 0 amide bonds. The molecule has 2 aromatic rings. The van der Waals surface area contributed by atoms with Gasteiger partial charge in [-0.2, -0.15) is 0 Å². The summed E-state index contributed by atoms with van der Waals surface area (Å²) in [5.41, 5.74) is 0. The summed E-state index contributed by atoms with van der Waals surface area (Å²) in [4.78, 5) is 15.9. The predicted molar refractivity (Wildman–Crippen MR) is 62.1 cm³/mol. The number of hydrogen-bond donors (Lipinski definition) is 1. The highest BCUT2D eigenvalue weighted by Gasteiger charge is 2.09. The van der Waals surface area contributed by atoms with Crippen LogP contribution in [0.3, 0.4) is 0 Å². The number of nitrogens with zero attached hydrogens (tertiary/aromatic N) is 1. The summed E-state index contributed by atoms with van der Waals surface area (Å²) in [5, 5.41) is 10.3. The average Bonchev–Trinajstić information content (AvgIpc) is 2.83. The Morgan fingerprint density at radius 3 is 3.00 bits per heavy atom. The molecular formula is C10H9NO3S2. The first-order valence-electron chi connectivity index (χ1n) is 4.52. The maximum atomic E-state index is 10.6. The van der Waals surface area contributed by atoms with Gasteiger partial charge in [0.25, 0.3) is 0 Å². The first-order chi connectivity index (χ1) is 7.65. The van der Waals surface area contributed by atoms with E-state index in [-0.39, 0.29) is 5.76 Å². The minimum Gasteiger partial charge on any atom is -0.475 e. The van der Waals surface area contributed by atoms with Gasteiger partial charge in [-0.05, 0) is 19.1 Å². The van der Waals surface area contributed by atoms with Gasteiger partial charge in [-0.1, -0.05) is 11.8 Å². The van der Waals surface area contributed by atoms with Gasteiger partial charge in [-0.25, -0.2) is 9.78 Å². The molecule has 0 aliphatic carbocycles. The number of aryl methyl sites for hydroxylation is 1. The third-order valence-electron chi connectivity index (χ3n) is 1.82. The Morgan fingerprint density at radius 2 is 2.44 bits per heavy atom. The zero-order chi connectivity index (χ0) is 11.5. The number of aromatic carboxylic acids is 1. The van der Waals surface area contributed by atoms with E-state index in [2.05, 4.69) is 4.98 Å². The van der Waals surface area contributed by atoms with Crippen LogP contribution < -0.4 is 0 Å². The van der Waals surface area contributed by atoms with Crippen molar-refractivity contribution in [1.29, 1.82) is 0 Å². The van der Waals surface area contributed by atoms with Crippen LogP contribution >= 0.6 is 23.1 Å². The molecule has 0 aliphatic rings. The summed E-state index contributed by atoms with van der Waals surface area (Å²) in [6, 6.07) is 3.13. The van der Waals surface area contributed by atoms with Gasteiger partial charge in [-0.3, -0.25) is 0 Å². The van der Waals surface area contributed by atoms with Gasteiger partial charge in [0.1, 0.15) is 0 Å². The second-order valence-corrected chi connectivity index (χ2v) is 5.36. The van der Waals surface area contributed by atoms with Crippen molar-refractivity contribution in [2.24, 2.45) is 0 Å². The molecule has 1 N–H and O–H groups in total. The van der Waals surface area contributed by atoms with Crippen molar-refractivity contribution >= 4 is 29.1 Å². The molecule has 0 saturated carbocycles. The van der Waals surface area contributed by atoms with E-state index in [1.165, 1.54) is 17.8 Å². The summed E-state index contributed by atoms with van der Waals surface area (Å²) in [5.74, 6) is -0.318. The number of carbonyl (C=O) groups is 1. The normalized spacial score (nSPS) is 10.6. The average molecular weight is 255 g/mol. The number of carboxylic acids is 1. The van der Waals surface area contributed by atoms with Gasteiger partial charge in [0.15, 0.2) is 5.09 Å². The van der Waals surface area contributed by atoms with Crippen molar-refractivity contribution in [2.45, 2.75) is 17.8 Å². The lowest BCUT2D eigenvalue weighted by Gasteiger charge is -1.93. The molecule has 0 unspecified atom stereocenters. The van der Waals surface area contributed by atoms with Crippen LogP contribution in [-0.4, -0.2) is 16.1 Å². The molecule has 0 radical (unpaired) electrons. The Kier molecular flexibility index (Phi) is 3.31. The number of carboxylic acid groups (broad SMARTS) is 1. The van der Waals surface area contributed by atoms with Crippen LogP contribution in [0.5, 0.6) is 0 Å². The van der Waals surface area contributed by atoms with E-state index in [0.717, 1.165) is 15.6 Å². The number of thioether (sulfide) groups is 1.